The van der Waals surface area contributed by atoms with Crippen LogP contribution in [0, 0.1) is 5.92 Å². The summed E-state index contributed by atoms with van der Waals surface area (Å²) in [5, 5.41) is 0. The minimum Gasteiger partial charge on any atom is -0.340 e. The molecule has 0 saturated carbocycles. The summed E-state index contributed by atoms with van der Waals surface area (Å²) in [6.07, 6.45) is 3.54. The third-order valence-corrected chi connectivity index (χ3v) is 2.86. The molecule has 0 radical (unpaired) electrons. The van der Waals surface area contributed by atoms with Crippen molar-refractivity contribution < 1.29 is 4.79 Å². The fourth-order valence-corrected chi connectivity index (χ4v) is 1.81. The topological polar surface area (TPSA) is 46.3 Å². The van der Waals surface area contributed by atoms with Gasteiger partial charge in [0.2, 0.25) is 5.91 Å². The van der Waals surface area contributed by atoms with Crippen LogP contribution < -0.4 is 5.73 Å². The highest BCUT2D eigenvalue weighted by atomic mass is 16.2. The summed E-state index contributed by atoms with van der Waals surface area (Å²) < 4.78 is 0. The van der Waals surface area contributed by atoms with Crippen LogP contribution in [0.4, 0.5) is 0 Å². The molecular formula is C10H20N2O. The third-order valence-electron chi connectivity index (χ3n) is 2.86. The standard InChI is InChI=1S/C10H20N2O/c1-8(7-11)10(13)12-6-4-3-5-9(12)2/h8-9H,3-7,11H2,1-2H3. The SMILES string of the molecule is CC(CN)C(=O)N1CCCCC1C. The summed E-state index contributed by atoms with van der Waals surface area (Å²) in [5.41, 5.74) is 5.48. The number of hydrogen-bond donors (Lipinski definition) is 1. The van der Waals surface area contributed by atoms with Crippen molar-refractivity contribution in [3.05, 3.63) is 0 Å². The first kappa shape index (κ1) is 10.5. The number of amides is 1. The number of carbonyl (C=O) groups excluding carboxylic acids is 1. The summed E-state index contributed by atoms with van der Waals surface area (Å²) >= 11 is 0. The molecule has 2 unspecified atom stereocenters. The number of carbonyl (C=O) groups is 1. The highest BCUT2D eigenvalue weighted by Gasteiger charge is 2.25. The van der Waals surface area contributed by atoms with Crippen LogP contribution in [0.1, 0.15) is 33.1 Å². The monoisotopic (exact) mass is 184 g/mol. The van der Waals surface area contributed by atoms with Crippen LogP contribution in [0.15, 0.2) is 0 Å². The second-order valence-electron chi connectivity index (χ2n) is 4.01. The van der Waals surface area contributed by atoms with Crippen LogP contribution in [-0.2, 0) is 4.79 Å². The van der Waals surface area contributed by atoms with Gasteiger partial charge in [-0.05, 0) is 26.2 Å². The van der Waals surface area contributed by atoms with Crippen molar-refractivity contribution in [1.82, 2.24) is 4.90 Å². The van der Waals surface area contributed by atoms with Crippen molar-refractivity contribution >= 4 is 5.91 Å². The van der Waals surface area contributed by atoms with Gasteiger partial charge >= 0.3 is 0 Å². The molecule has 1 saturated heterocycles. The molecule has 1 aliphatic heterocycles. The first-order valence-corrected chi connectivity index (χ1v) is 5.17. The highest BCUT2D eigenvalue weighted by Crippen LogP contribution is 2.18. The van der Waals surface area contributed by atoms with E-state index in [-0.39, 0.29) is 11.8 Å². The molecule has 1 rings (SSSR count). The lowest BCUT2D eigenvalue weighted by Crippen LogP contribution is -2.45. The number of nitrogens with two attached hydrogens (primary N) is 1. The lowest BCUT2D eigenvalue weighted by Gasteiger charge is -2.35. The van der Waals surface area contributed by atoms with Gasteiger partial charge in [0.1, 0.15) is 0 Å². The van der Waals surface area contributed by atoms with E-state index >= 15 is 0 Å². The van der Waals surface area contributed by atoms with Crippen LogP contribution in [0.25, 0.3) is 0 Å². The van der Waals surface area contributed by atoms with E-state index in [0.717, 1.165) is 19.4 Å². The molecule has 1 aliphatic rings. The molecule has 0 aromatic carbocycles. The van der Waals surface area contributed by atoms with Crippen molar-refractivity contribution in [2.24, 2.45) is 11.7 Å². The predicted molar refractivity (Wildman–Crippen MR) is 53.2 cm³/mol. The molecule has 0 bridgehead atoms. The second-order valence-corrected chi connectivity index (χ2v) is 4.01. The maximum absolute atomic E-state index is 11.8. The molecular weight excluding hydrogens is 164 g/mol. The molecule has 76 valence electrons. The van der Waals surface area contributed by atoms with Crippen molar-refractivity contribution in [3.63, 3.8) is 0 Å². The lowest BCUT2D eigenvalue weighted by atomic mass is 10.0. The van der Waals surface area contributed by atoms with Gasteiger partial charge in [-0.2, -0.15) is 0 Å². The van der Waals surface area contributed by atoms with Crippen LogP contribution in [0.2, 0.25) is 0 Å². The van der Waals surface area contributed by atoms with E-state index < -0.39 is 0 Å². The average Bonchev–Trinajstić information content (AvgIpc) is 2.16. The molecule has 1 heterocycles. The minimum absolute atomic E-state index is 0.0134. The molecule has 3 nitrogen and oxygen atoms in total. The number of likely N-dealkylation sites (tertiary alicyclic amines) is 1. The summed E-state index contributed by atoms with van der Waals surface area (Å²) in [6, 6.07) is 0.412. The minimum atomic E-state index is -0.0134. The number of nitrogens with zero attached hydrogens (tertiary/aromatic N) is 1. The largest absolute Gasteiger partial charge is 0.340 e. The van der Waals surface area contributed by atoms with E-state index in [0.29, 0.717) is 12.6 Å². The Balaban J connectivity index is 2.53. The Morgan fingerprint density at radius 3 is 2.85 bits per heavy atom. The Hall–Kier alpha value is -0.570. The van der Waals surface area contributed by atoms with Gasteiger partial charge in [-0.1, -0.05) is 6.92 Å². The van der Waals surface area contributed by atoms with Gasteiger partial charge in [0.25, 0.3) is 0 Å². The van der Waals surface area contributed by atoms with Gasteiger partial charge < -0.3 is 10.6 Å². The fraction of sp³-hybridized carbons (Fsp3) is 0.900. The number of piperidine rings is 1. The highest BCUT2D eigenvalue weighted by molar-refractivity contribution is 5.79. The van der Waals surface area contributed by atoms with Crippen LogP contribution in [0.3, 0.4) is 0 Å². The van der Waals surface area contributed by atoms with Crippen molar-refractivity contribution in [1.29, 1.82) is 0 Å². The van der Waals surface area contributed by atoms with Crippen LogP contribution >= 0.6 is 0 Å². The normalized spacial score (nSPS) is 25.8. The maximum Gasteiger partial charge on any atom is 0.226 e. The van der Waals surface area contributed by atoms with E-state index in [1.165, 1.54) is 6.42 Å². The summed E-state index contributed by atoms with van der Waals surface area (Å²) in [5.74, 6) is 0.218. The van der Waals surface area contributed by atoms with Gasteiger partial charge in [-0.15, -0.1) is 0 Å². The maximum atomic E-state index is 11.8. The molecule has 0 spiro atoms. The van der Waals surface area contributed by atoms with Gasteiger partial charge in [-0.25, -0.2) is 0 Å². The lowest BCUT2D eigenvalue weighted by molar-refractivity contribution is -0.137. The zero-order valence-electron chi connectivity index (χ0n) is 8.62. The molecule has 0 aromatic heterocycles. The van der Waals surface area contributed by atoms with Crippen molar-refractivity contribution in [3.8, 4) is 0 Å². The number of rotatable bonds is 2. The molecule has 2 N–H and O–H groups in total. The zero-order chi connectivity index (χ0) is 9.84. The van der Waals surface area contributed by atoms with E-state index in [2.05, 4.69) is 6.92 Å². The third kappa shape index (κ3) is 2.44. The Morgan fingerprint density at radius 2 is 2.31 bits per heavy atom. The fourth-order valence-electron chi connectivity index (χ4n) is 1.81. The van der Waals surface area contributed by atoms with E-state index in [1.807, 2.05) is 11.8 Å². The van der Waals surface area contributed by atoms with Crippen LogP contribution in [0.5, 0.6) is 0 Å². The van der Waals surface area contributed by atoms with E-state index in [1.54, 1.807) is 0 Å². The summed E-state index contributed by atoms with van der Waals surface area (Å²) in [4.78, 5) is 13.8. The van der Waals surface area contributed by atoms with Gasteiger partial charge in [0.05, 0.1) is 0 Å². The Labute approximate surface area is 80.3 Å². The van der Waals surface area contributed by atoms with Gasteiger partial charge in [0.15, 0.2) is 0 Å². The Morgan fingerprint density at radius 1 is 1.62 bits per heavy atom. The molecule has 3 heteroatoms. The smallest absolute Gasteiger partial charge is 0.226 e. The number of hydrogen-bond acceptors (Lipinski definition) is 2. The first-order chi connectivity index (χ1) is 6.16. The first-order valence-electron chi connectivity index (χ1n) is 5.17. The zero-order valence-corrected chi connectivity index (χ0v) is 8.62. The van der Waals surface area contributed by atoms with Crippen LogP contribution in [-0.4, -0.2) is 29.9 Å². The van der Waals surface area contributed by atoms with Gasteiger partial charge in [-0.3, -0.25) is 4.79 Å². The summed E-state index contributed by atoms with van der Waals surface area (Å²) in [6.45, 7) is 5.41. The second kappa shape index (κ2) is 4.61. The Kier molecular flexibility index (Phi) is 3.72. The van der Waals surface area contributed by atoms with E-state index in [4.69, 9.17) is 5.73 Å². The molecule has 0 aromatic rings. The van der Waals surface area contributed by atoms with Gasteiger partial charge in [0, 0.05) is 25.0 Å². The molecule has 2 atom stereocenters. The molecule has 13 heavy (non-hydrogen) atoms. The van der Waals surface area contributed by atoms with E-state index in [9.17, 15) is 4.79 Å². The predicted octanol–water partition coefficient (Wildman–Crippen LogP) is 0.982. The van der Waals surface area contributed by atoms with Crippen molar-refractivity contribution in [2.75, 3.05) is 13.1 Å². The Bertz CT molecular complexity index is 182. The molecule has 1 fully saturated rings. The molecule has 0 aliphatic carbocycles. The molecule has 1 amide bonds. The summed E-state index contributed by atoms with van der Waals surface area (Å²) in [7, 11) is 0. The quantitative estimate of drug-likeness (QED) is 0.695. The average molecular weight is 184 g/mol. The van der Waals surface area contributed by atoms with Crippen molar-refractivity contribution in [2.45, 2.75) is 39.2 Å².